The highest BCUT2D eigenvalue weighted by Crippen LogP contribution is 2.39. The summed E-state index contributed by atoms with van der Waals surface area (Å²) in [5.41, 5.74) is 8.41. The molecule has 0 saturated carbocycles. The first-order valence-electron chi connectivity index (χ1n) is 18.0. The zero-order valence-electron chi connectivity index (χ0n) is 29.9. The van der Waals surface area contributed by atoms with Gasteiger partial charge in [-0.25, -0.2) is 0 Å². The third-order valence-electron chi connectivity index (χ3n) is 10.6. The number of amides is 2. The second-order valence-electron chi connectivity index (χ2n) is 14.1. The van der Waals surface area contributed by atoms with E-state index in [1.54, 1.807) is 18.2 Å². The van der Waals surface area contributed by atoms with Gasteiger partial charge in [-0.15, -0.1) is 0 Å². The summed E-state index contributed by atoms with van der Waals surface area (Å²) in [6, 6.07) is 26.0. The van der Waals surface area contributed by atoms with Crippen molar-refractivity contribution in [1.29, 1.82) is 0 Å². The molecule has 0 aliphatic carbocycles. The van der Waals surface area contributed by atoms with Crippen LogP contribution in [0.1, 0.15) is 59.9 Å². The minimum atomic E-state index is -0.209. The van der Waals surface area contributed by atoms with E-state index in [1.807, 2.05) is 59.5 Å². The van der Waals surface area contributed by atoms with Crippen molar-refractivity contribution >= 4 is 35.6 Å². The molecule has 0 saturated heterocycles. The van der Waals surface area contributed by atoms with Crippen LogP contribution in [0.25, 0.3) is 0 Å². The molecule has 9 rings (SSSR count). The van der Waals surface area contributed by atoms with E-state index in [-0.39, 0.29) is 42.5 Å². The largest absolute Gasteiger partial charge is 0.493 e. The topological polar surface area (TPSA) is 126 Å². The normalized spacial score (nSPS) is 18.0. The van der Waals surface area contributed by atoms with Crippen LogP contribution in [0, 0.1) is 6.92 Å². The number of carbonyl (C=O) groups excluding carboxylic acids is 2. The second-order valence-corrected chi connectivity index (χ2v) is 14.1. The third kappa shape index (κ3) is 6.11. The van der Waals surface area contributed by atoms with Gasteiger partial charge in [0.15, 0.2) is 16.9 Å². The van der Waals surface area contributed by atoms with Gasteiger partial charge in [-0.05, 0) is 59.7 Å². The number of fused-ring (bicyclic) bond motifs is 6. The number of hydrogen-bond acceptors (Lipinski definition) is 8. The van der Waals surface area contributed by atoms with Gasteiger partial charge in [-0.1, -0.05) is 48.5 Å². The number of benzene rings is 4. The van der Waals surface area contributed by atoms with Crippen LogP contribution in [0.2, 0.25) is 0 Å². The third-order valence-corrected chi connectivity index (χ3v) is 10.6. The van der Waals surface area contributed by atoms with Crippen molar-refractivity contribution < 1.29 is 23.8 Å². The van der Waals surface area contributed by atoms with Crippen molar-refractivity contribution in [2.75, 3.05) is 7.11 Å². The van der Waals surface area contributed by atoms with Crippen molar-refractivity contribution in [3.8, 4) is 17.2 Å². The van der Waals surface area contributed by atoms with Gasteiger partial charge in [0.25, 0.3) is 11.8 Å². The van der Waals surface area contributed by atoms with Crippen LogP contribution in [-0.4, -0.2) is 58.2 Å². The number of nitrogens with one attached hydrogen (secondary N) is 1. The molecule has 0 fully saturated rings. The molecule has 4 aromatic carbocycles. The summed E-state index contributed by atoms with van der Waals surface area (Å²) in [5, 5.41) is 0. The maximum absolute atomic E-state index is 13.8. The minimum absolute atomic E-state index is 0.0240. The van der Waals surface area contributed by atoms with Crippen LogP contribution < -0.4 is 19.6 Å². The molecule has 5 heterocycles. The molecule has 0 radical (unpaired) electrons. The number of aryl methyl sites for hydroxylation is 1. The predicted octanol–water partition coefficient (Wildman–Crippen LogP) is 6.42. The van der Waals surface area contributed by atoms with Crippen LogP contribution in [0.5, 0.6) is 17.2 Å². The number of H-pyrrole nitrogens is 1. The monoisotopic (exact) mass is 719 g/mol. The van der Waals surface area contributed by atoms with Crippen LogP contribution in [-0.2, 0) is 39.1 Å². The molecule has 1 N–H and O–H groups in total. The molecule has 0 unspecified atom stereocenters. The van der Waals surface area contributed by atoms with E-state index >= 15 is 0 Å². The number of pyridine rings is 1. The average Bonchev–Trinajstić information content (AvgIpc) is 3.40. The molecule has 4 aliphatic heterocycles. The molecule has 0 bridgehead atoms. The predicted molar refractivity (Wildman–Crippen MR) is 204 cm³/mol. The number of methoxy groups -OCH3 is 1. The van der Waals surface area contributed by atoms with Crippen molar-refractivity contribution in [1.82, 2.24) is 14.8 Å². The van der Waals surface area contributed by atoms with Crippen molar-refractivity contribution in [2.24, 2.45) is 9.98 Å². The van der Waals surface area contributed by atoms with Crippen molar-refractivity contribution in [2.45, 2.75) is 58.2 Å². The first kappa shape index (κ1) is 33.4. The number of ether oxygens (including phenoxy) is 3. The zero-order valence-corrected chi connectivity index (χ0v) is 29.9. The molecule has 270 valence electrons. The first-order valence-corrected chi connectivity index (χ1v) is 18.0. The summed E-state index contributed by atoms with van der Waals surface area (Å²) in [7, 11) is 1.52. The number of aromatic nitrogens is 1. The summed E-state index contributed by atoms with van der Waals surface area (Å²) in [5.74, 6) is 1.17. The summed E-state index contributed by atoms with van der Waals surface area (Å²) in [4.78, 5) is 56.7. The SMILES string of the molecule is COc1cc2c(cc1OCc1cc(=O)cc(COc3cc4c(cc3C)C(=O)N3Cc5ccccc5C[C@H]3C=N4)[nH]1)N=C[C@@H]1Cc3ccccc3CN1C2=O. The van der Waals surface area contributed by atoms with Gasteiger partial charge >= 0.3 is 0 Å². The first-order chi connectivity index (χ1) is 26.3. The smallest absolute Gasteiger partial charge is 0.257 e. The summed E-state index contributed by atoms with van der Waals surface area (Å²) >= 11 is 0. The van der Waals surface area contributed by atoms with Gasteiger partial charge in [0.1, 0.15) is 19.0 Å². The highest BCUT2D eigenvalue weighted by Gasteiger charge is 2.34. The van der Waals surface area contributed by atoms with Gasteiger partial charge < -0.3 is 29.0 Å². The van der Waals surface area contributed by atoms with Gasteiger partial charge in [0.05, 0.1) is 53.1 Å². The fourth-order valence-electron chi connectivity index (χ4n) is 7.79. The van der Waals surface area contributed by atoms with E-state index in [0.717, 1.165) is 23.1 Å². The van der Waals surface area contributed by atoms with Gasteiger partial charge in [0.2, 0.25) is 0 Å². The number of aliphatic imine (C=N–C) groups is 2. The molecule has 1 aromatic heterocycles. The Morgan fingerprint density at radius 3 is 1.70 bits per heavy atom. The van der Waals surface area contributed by atoms with Crippen molar-refractivity contribution in [3.63, 3.8) is 0 Å². The lowest BCUT2D eigenvalue weighted by molar-refractivity contribution is 0.0696. The van der Waals surface area contributed by atoms with Crippen molar-refractivity contribution in [3.05, 3.63) is 145 Å². The van der Waals surface area contributed by atoms with E-state index in [4.69, 9.17) is 24.2 Å². The van der Waals surface area contributed by atoms with Crippen LogP contribution in [0.4, 0.5) is 11.4 Å². The summed E-state index contributed by atoms with van der Waals surface area (Å²) in [6.07, 6.45) is 5.10. The molecule has 0 spiro atoms. The standard InChI is InChI=1S/C43H37N5O6/c1-25-11-35-37(44-19-32-12-26-7-3-5-9-28(26)21-47(32)42(35)50)17-39(25)53-23-30-14-34(49)15-31(46-30)24-54-41-18-38-36(16-40(41)52-2)43(51)48-22-29-10-6-4-8-27(29)13-33(48)20-45-38/h3-11,14-20,32-33H,12-13,21-24H2,1-2H3,(H,46,49)/t32-,33-/m0/s1. The Balaban J connectivity index is 0.904. The van der Waals surface area contributed by atoms with E-state index < -0.39 is 0 Å². The Hall–Kier alpha value is -6.49. The highest BCUT2D eigenvalue weighted by molar-refractivity contribution is 6.04. The number of rotatable bonds is 7. The molecule has 2 amide bonds. The lowest BCUT2D eigenvalue weighted by Crippen LogP contribution is -2.44. The van der Waals surface area contributed by atoms with Gasteiger partial charge in [0, 0.05) is 49.8 Å². The lowest BCUT2D eigenvalue weighted by Gasteiger charge is -2.34. The lowest BCUT2D eigenvalue weighted by atomic mass is 9.94. The summed E-state index contributed by atoms with van der Waals surface area (Å²) in [6.45, 7) is 3.04. The van der Waals surface area contributed by atoms with E-state index in [0.29, 0.717) is 70.6 Å². The van der Waals surface area contributed by atoms with E-state index in [9.17, 15) is 14.4 Å². The number of carbonyl (C=O) groups is 2. The molecule has 54 heavy (non-hydrogen) atoms. The Kier molecular flexibility index (Phi) is 8.33. The Bertz CT molecular complexity index is 2470. The quantitative estimate of drug-likeness (QED) is 0.207. The van der Waals surface area contributed by atoms with E-state index in [1.165, 1.54) is 30.4 Å². The number of hydrogen-bond donors (Lipinski definition) is 1. The second kappa shape index (κ2) is 13.5. The van der Waals surface area contributed by atoms with Gasteiger partial charge in [-0.3, -0.25) is 24.4 Å². The summed E-state index contributed by atoms with van der Waals surface area (Å²) < 4.78 is 18.0. The molecule has 2 atom stereocenters. The molecule has 4 aliphatic rings. The maximum Gasteiger partial charge on any atom is 0.257 e. The Morgan fingerprint density at radius 1 is 0.648 bits per heavy atom. The number of aromatic amines is 1. The highest BCUT2D eigenvalue weighted by atomic mass is 16.5. The van der Waals surface area contributed by atoms with Crippen LogP contribution >= 0.6 is 0 Å². The molecule has 5 aromatic rings. The van der Waals surface area contributed by atoms with Crippen LogP contribution in [0.15, 0.2) is 99.7 Å². The average molecular weight is 720 g/mol. The molecule has 11 nitrogen and oxygen atoms in total. The zero-order chi connectivity index (χ0) is 36.9. The van der Waals surface area contributed by atoms with E-state index in [2.05, 4.69) is 29.2 Å². The molecular weight excluding hydrogens is 683 g/mol. The van der Waals surface area contributed by atoms with Crippen LogP contribution in [0.3, 0.4) is 0 Å². The molecular formula is C43H37N5O6. The minimum Gasteiger partial charge on any atom is -0.493 e. The maximum atomic E-state index is 13.8. The fourth-order valence-corrected chi connectivity index (χ4v) is 7.79. The Morgan fingerprint density at radius 2 is 1.15 bits per heavy atom. The molecule has 11 heteroatoms. The number of nitrogens with zero attached hydrogens (tertiary/aromatic N) is 4. The Labute approximate surface area is 311 Å². The van der Waals surface area contributed by atoms with Gasteiger partial charge in [-0.2, -0.15) is 0 Å². The fraction of sp³-hybridized carbons (Fsp3) is 0.233.